The van der Waals surface area contributed by atoms with Crippen LogP contribution in [0.2, 0.25) is 5.02 Å². The molecule has 0 aliphatic rings. The number of hydrogen-bond acceptors (Lipinski definition) is 5. The molecule has 0 unspecified atom stereocenters. The quantitative estimate of drug-likeness (QED) is 0.705. The maximum Gasteiger partial charge on any atom is 0.278 e. The van der Waals surface area contributed by atoms with Crippen molar-refractivity contribution in [2.24, 2.45) is 0 Å². The predicted molar refractivity (Wildman–Crippen MR) is 97.6 cm³/mol. The lowest BCUT2D eigenvalue weighted by Gasteiger charge is -2.07. The van der Waals surface area contributed by atoms with Crippen LogP contribution in [0.4, 0.5) is 5.69 Å². The first-order chi connectivity index (χ1) is 12.5. The molecule has 136 valence electrons. The second-order valence-corrected chi connectivity index (χ2v) is 6.18. The van der Waals surface area contributed by atoms with E-state index in [9.17, 15) is 4.79 Å². The SMILES string of the molecule is CCn1cc(NC(=O)c2noc(C)c2COc2ccc(Cl)cc2)c(C)n1. The minimum Gasteiger partial charge on any atom is -0.489 e. The molecule has 0 bridgehead atoms. The van der Waals surface area contributed by atoms with Gasteiger partial charge in [-0.2, -0.15) is 5.10 Å². The van der Waals surface area contributed by atoms with E-state index in [1.54, 1.807) is 42.1 Å². The highest BCUT2D eigenvalue weighted by molar-refractivity contribution is 6.30. The average molecular weight is 375 g/mol. The lowest BCUT2D eigenvalue weighted by Crippen LogP contribution is -2.15. The van der Waals surface area contributed by atoms with Crippen molar-refractivity contribution < 1.29 is 14.1 Å². The van der Waals surface area contributed by atoms with Crippen molar-refractivity contribution in [3.63, 3.8) is 0 Å². The summed E-state index contributed by atoms with van der Waals surface area (Å²) in [6, 6.07) is 6.99. The molecule has 2 heterocycles. The fourth-order valence-electron chi connectivity index (χ4n) is 2.41. The first-order valence-electron chi connectivity index (χ1n) is 8.16. The molecule has 7 nitrogen and oxygen atoms in total. The Hall–Kier alpha value is -2.80. The molecule has 3 rings (SSSR count). The van der Waals surface area contributed by atoms with Gasteiger partial charge in [-0.1, -0.05) is 16.8 Å². The van der Waals surface area contributed by atoms with Crippen LogP contribution in [0.3, 0.4) is 0 Å². The third kappa shape index (κ3) is 3.88. The minimum absolute atomic E-state index is 0.160. The maximum absolute atomic E-state index is 12.6. The van der Waals surface area contributed by atoms with Crippen LogP contribution in [0.25, 0.3) is 0 Å². The van der Waals surface area contributed by atoms with Crippen LogP contribution in [0, 0.1) is 13.8 Å². The molecule has 0 atom stereocenters. The molecular formula is C18H19ClN4O3. The molecular weight excluding hydrogens is 356 g/mol. The largest absolute Gasteiger partial charge is 0.489 e. The van der Waals surface area contributed by atoms with Crippen LogP contribution in [-0.4, -0.2) is 20.8 Å². The molecule has 2 aromatic heterocycles. The van der Waals surface area contributed by atoms with Gasteiger partial charge in [0.15, 0.2) is 5.69 Å². The zero-order chi connectivity index (χ0) is 18.7. The number of benzene rings is 1. The highest BCUT2D eigenvalue weighted by Crippen LogP contribution is 2.21. The third-order valence-electron chi connectivity index (χ3n) is 3.92. The van der Waals surface area contributed by atoms with Gasteiger partial charge in [0.1, 0.15) is 18.1 Å². The number of aryl methyl sites for hydroxylation is 3. The van der Waals surface area contributed by atoms with Crippen LogP contribution in [-0.2, 0) is 13.2 Å². The molecule has 0 fully saturated rings. The lowest BCUT2D eigenvalue weighted by atomic mass is 10.2. The number of hydrogen-bond donors (Lipinski definition) is 1. The van der Waals surface area contributed by atoms with Crippen molar-refractivity contribution in [2.45, 2.75) is 33.9 Å². The van der Waals surface area contributed by atoms with Gasteiger partial charge in [-0.25, -0.2) is 0 Å². The van der Waals surface area contributed by atoms with E-state index in [2.05, 4.69) is 15.6 Å². The van der Waals surface area contributed by atoms with Gasteiger partial charge in [0.25, 0.3) is 5.91 Å². The Bertz CT molecular complexity index is 915. The second-order valence-electron chi connectivity index (χ2n) is 5.75. The summed E-state index contributed by atoms with van der Waals surface area (Å²) >= 11 is 5.87. The van der Waals surface area contributed by atoms with Crippen LogP contribution in [0.5, 0.6) is 5.75 Å². The fourth-order valence-corrected chi connectivity index (χ4v) is 2.54. The van der Waals surface area contributed by atoms with Gasteiger partial charge in [0.05, 0.1) is 16.9 Å². The molecule has 26 heavy (non-hydrogen) atoms. The van der Waals surface area contributed by atoms with E-state index in [1.807, 2.05) is 13.8 Å². The summed E-state index contributed by atoms with van der Waals surface area (Å²) in [5, 5.41) is 11.6. The van der Waals surface area contributed by atoms with Gasteiger partial charge in [-0.05, 0) is 45.0 Å². The van der Waals surface area contributed by atoms with E-state index in [4.69, 9.17) is 20.9 Å². The highest BCUT2D eigenvalue weighted by atomic mass is 35.5. The Morgan fingerprint density at radius 3 is 2.69 bits per heavy atom. The topological polar surface area (TPSA) is 82.2 Å². The van der Waals surface area contributed by atoms with Crippen molar-refractivity contribution in [2.75, 3.05) is 5.32 Å². The zero-order valence-electron chi connectivity index (χ0n) is 14.7. The molecule has 1 aromatic carbocycles. The number of amides is 1. The molecule has 0 spiro atoms. The summed E-state index contributed by atoms with van der Waals surface area (Å²) in [5.41, 5.74) is 2.17. The number of carbonyl (C=O) groups excluding carboxylic acids is 1. The Morgan fingerprint density at radius 1 is 1.31 bits per heavy atom. The van der Waals surface area contributed by atoms with E-state index in [-0.39, 0.29) is 18.2 Å². The summed E-state index contributed by atoms with van der Waals surface area (Å²) in [7, 11) is 0. The Kier molecular flexibility index (Phi) is 5.27. The maximum atomic E-state index is 12.6. The Labute approximate surface area is 155 Å². The van der Waals surface area contributed by atoms with Gasteiger partial charge < -0.3 is 14.6 Å². The van der Waals surface area contributed by atoms with E-state index in [0.29, 0.717) is 27.8 Å². The van der Waals surface area contributed by atoms with Crippen molar-refractivity contribution >= 4 is 23.2 Å². The van der Waals surface area contributed by atoms with E-state index in [1.165, 1.54) is 0 Å². The van der Waals surface area contributed by atoms with Crippen molar-refractivity contribution in [3.05, 3.63) is 58.2 Å². The number of halogens is 1. The smallest absolute Gasteiger partial charge is 0.278 e. The van der Waals surface area contributed by atoms with E-state index in [0.717, 1.165) is 12.2 Å². The number of nitrogens with one attached hydrogen (secondary N) is 1. The molecule has 8 heteroatoms. The minimum atomic E-state index is -0.365. The normalized spacial score (nSPS) is 10.8. The first kappa shape index (κ1) is 18.0. The van der Waals surface area contributed by atoms with Gasteiger partial charge in [0, 0.05) is 17.8 Å². The Morgan fingerprint density at radius 2 is 2.04 bits per heavy atom. The van der Waals surface area contributed by atoms with Crippen LogP contribution in [0.15, 0.2) is 35.0 Å². The molecule has 0 radical (unpaired) electrons. The monoisotopic (exact) mass is 374 g/mol. The molecule has 1 N–H and O–H groups in total. The van der Waals surface area contributed by atoms with Crippen molar-refractivity contribution in [1.82, 2.24) is 14.9 Å². The molecule has 0 aliphatic heterocycles. The average Bonchev–Trinajstić information content (AvgIpc) is 3.17. The number of anilines is 1. The highest BCUT2D eigenvalue weighted by Gasteiger charge is 2.21. The van der Waals surface area contributed by atoms with E-state index < -0.39 is 0 Å². The number of rotatable bonds is 6. The Balaban J connectivity index is 1.74. The third-order valence-corrected chi connectivity index (χ3v) is 4.17. The number of nitrogens with zero attached hydrogens (tertiary/aromatic N) is 3. The second kappa shape index (κ2) is 7.61. The number of carbonyl (C=O) groups is 1. The fraction of sp³-hybridized carbons (Fsp3) is 0.278. The predicted octanol–water partition coefficient (Wildman–Crippen LogP) is 3.99. The summed E-state index contributed by atoms with van der Waals surface area (Å²) in [5.74, 6) is 0.807. The lowest BCUT2D eigenvalue weighted by molar-refractivity contribution is 0.101. The molecule has 3 aromatic rings. The standard InChI is InChI=1S/C18H19ClN4O3/c1-4-23-9-16(11(2)21-23)20-18(24)17-15(12(3)26-22-17)10-25-14-7-5-13(19)6-8-14/h5-9H,4,10H2,1-3H3,(H,20,24). The van der Waals surface area contributed by atoms with Gasteiger partial charge >= 0.3 is 0 Å². The summed E-state index contributed by atoms with van der Waals surface area (Å²) < 4.78 is 12.7. The summed E-state index contributed by atoms with van der Waals surface area (Å²) in [4.78, 5) is 12.6. The molecule has 0 saturated carbocycles. The van der Waals surface area contributed by atoms with Crippen LogP contribution >= 0.6 is 11.6 Å². The van der Waals surface area contributed by atoms with E-state index >= 15 is 0 Å². The zero-order valence-corrected chi connectivity index (χ0v) is 15.5. The molecule has 1 amide bonds. The summed E-state index contributed by atoms with van der Waals surface area (Å²) in [6.07, 6.45) is 1.78. The molecule has 0 aliphatic carbocycles. The van der Waals surface area contributed by atoms with Crippen molar-refractivity contribution in [3.8, 4) is 5.75 Å². The van der Waals surface area contributed by atoms with Gasteiger partial charge in [-0.15, -0.1) is 0 Å². The summed E-state index contributed by atoms with van der Waals surface area (Å²) in [6.45, 7) is 6.43. The van der Waals surface area contributed by atoms with Crippen LogP contribution < -0.4 is 10.1 Å². The number of ether oxygens (including phenoxy) is 1. The van der Waals surface area contributed by atoms with Crippen LogP contribution in [0.1, 0.15) is 34.4 Å². The number of aromatic nitrogens is 3. The van der Waals surface area contributed by atoms with Gasteiger partial charge in [0.2, 0.25) is 0 Å². The van der Waals surface area contributed by atoms with Gasteiger partial charge in [-0.3, -0.25) is 9.48 Å². The van der Waals surface area contributed by atoms with Crippen molar-refractivity contribution in [1.29, 1.82) is 0 Å². The molecule has 0 saturated heterocycles. The first-order valence-corrected chi connectivity index (χ1v) is 8.54.